The zero-order valence-electron chi connectivity index (χ0n) is 8.58. The maximum absolute atomic E-state index is 10.9. The summed E-state index contributed by atoms with van der Waals surface area (Å²) in [5.74, 6) is -0.460. The first-order chi connectivity index (χ1) is 6.45. The van der Waals surface area contributed by atoms with Crippen LogP contribution in [0.15, 0.2) is 24.3 Å². The fraction of sp³-hybridized carbons (Fsp3) is 0.500. The molecule has 0 aliphatic heterocycles. The van der Waals surface area contributed by atoms with Crippen molar-refractivity contribution in [1.29, 1.82) is 0 Å². The smallest absolute Gasteiger partial charge is 0.333 e. The van der Waals surface area contributed by atoms with E-state index in [0.717, 1.165) is 0 Å². The number of carbonyl (C=O) groups excluding carboxylic acids is 1. The monoisotopic (exact) mass is 200 g/mol. The molecule has 4 heteroatoms. The van der Waals surface area contributed by atoms with Crippen molar-refractivity contribution in [2.75, 3.05) is 13.2 Å². The van der Waals surface area contributed by atoms with Gasteiger partial charge in [0.25, 0.3) is 0 Å². The Bertz CT molecular complexity index is 232. The van der Waals surface area contributed by atoms with Crippen molar-refractivity contribution < 1.29 is 19.4 Å². The number of esters is 1. The van der Waals surface area contributed by atoms with Gasteiger partial charge in [0, 0.05) is 5.57 Å². The van der Waals surface area contributed by atoms with Gasteiger partial charge in [-0.25, -0.2) is 4.79 Å². The molecule has 4 nitrogen and oxygen atoms in total. The minimum atomic E-state index is -1.00. The molecule has 0 aliphatic rings. The number of hydrogen-bond donors (Lipinski definition) is 1. The number of hydrogen-bond acceptors (Lipinski definition) is 4. The molecular formula is C10H16O4. The summed E-state index contributed by atoms with van der Waals surface area (Å²) in [7, 11) is 0. The average Bonchev–Trinajstić information content (AvgIpc) is 2.11. The lowest BCUT2D eigenvalue weighted by atomic mass is 10.3. The molecule has 1 N–H and O–H groups in total. The Morgan fingerprint density at radius 2 is 1.93 bits per heavy atom. The van der Waals surface area contributed by atoms with Crippen LogP contribution in [0.25, 0.3) is 0 Å². The van der Waals surface area contributed by atoms with Crippen molar-refractivity contribution in [3.8, 4) is 0 Å². The van der Waals surface area contributed by atoms with Gasteiger partial charge in [-0.1, -0.05) is 13.2 Å². The topological polar surface area (TPSA) is 55.8 Å². The van der Waals surface area contributed by atoms with Crippen LogP contribution in [0, 0.1) is 0 Å². The van der Waals surface area contributed by atoms with Gasteiger partial charge < -0.3 is 14.6 Å². The van der Waals surface area contributed by atoms with Crippen molar-refractivity contribution in [1.82, 2.24) is 0 Å². The molecule has 14 heavy (non-hydrogen) atoms. The second-order valence-corrected chi connectivity index (χ2v) is 2.99. The van der Waals surface area contributed by atoms with Crippen LogP contribution in [0.5, 0.6) is 0 Å². The first-order valence-electron chi connectivity index (χ1n) is 4.23. The van der Waals surface area contributed by atoms with Crippen LogP contribution in [0.4, 0.5) is 0 Å². The minimum absolute atomic E-state index is 0.0933. The van der Waals surface area contributed by atoms with E-state index >= 15 is 0 Å². The lowest BCUT2D eigenvalue weighted by Gasteiger charge is -2.11. The first-order valence-corrected chi connectivity index (χ1v) is 4.23. The fourth-order valence-electron chi connectivity index (χ4n) is 0.560. The molecule has 0 heterocycles. The summed E-state index contributed by atoms with van der Waals surface area (Å²) < 4.78 is 9.61. The second-order valence-electron chi connectivity index (χ2n) is 2.99. The molecule has 0 bridgehead atoms. The third kappa shape index (κ3) is 5.50. The molecule has 0 saturated carbocycles. The second kappa shape index (κ2) is 6.34. The molecule has 0 aromatic heterocycles. The Labute approximate surface area is 83.8 Å². The molecule has 0 aliphatic carbocycles. The Morgan fingerprint density at radius 3 is 2.36 bits per heavy atom. The van der Waals surface area contributed by atoms with Crippen LogP contribution < -0.4 is 0 Å². The van der Waals surface area contributed by atoms with Gasteiger partial charge in [-0.05, 0) is 19.4 Å². The van der Waals surface area contributed by atoms with E-state index in [4.69, 9.17) is 14.6 Å². The standard InChI is InChI=1S/C10H16O4/c1-7(2)9(11)13-5-6-14-10(12)8(3)4/h9,11H,1,3,5-6H2,2,4H3. The Hall–Kier alpha value is -1.13. The molecule has 0 aromatic carbocycles. The van der Waals surface area contributed by atoms with Crippen LogP contribution >= 0.6 is 0 Å². The van der Waals surface area contributed by atoms with Crippen molar-refractivity contribution in [3.63, 3.8) is 0 Å². The van der Waals surface area contributed by atoms with Crippen molar-refractivity contribution in [2.45, 2.75) is 20.1 Å². The lowest BCUT2D eigenvalue weighted by Crippen LogP contribution is -2.18. The van der Waals surface area contributed by atoms with E-state index < -0.39 is 12.3 Å². The van der Waals surface area contributed by atoms with Gasteiger partial charge in [0.15, 0.2) is 6.29 Å². The normalized spacial score (nSPS) is 11.9. The SMILES string of the molecule is C=C(C)C(=O)OCCOC(O)C(=C)C. The quantitative estimate of drug-likeness (QED) is 0.229. The van der Waals surface area contributed by atoms with Crippen LogP contribution in [0.2, 0.25) is 0 Å². The zero-order valence-corrected chi connectivity index (χ0v) is 8.58. The summed E-state index contributed by atoms with van der Waals surface area (Å²) in [6.07, 6.45) is -1.00. The number of carbonyl (C=O) groups is 1. The molecule has 0 spiro atoms. The maximum atomic E-state index is 10.9. The van der Waals surface area contributed by atoms with Crippen LogP contribution in [0.3, 0.4) is 0 Å². The van der Waals surface area contributed by atoms with E-state index in [2.05, 4.69) is 13.2 Å². The molecule has 0 fully saturated rings. The number of rotatable bonds is 6. The van der Waals surface area contributed by atoms with Crippen molar-refractivity contribution in [3.05, 3.63) is 24.3 Å². The van der Waals surface area contributed by atoms with Gasteiger partial charge in [0.05, 0.1) is 6.61 Å². The highest BCUT2D eigenvalue weighted by atomic mass is 16.6. The molecule has 80 valence electrons. The molecule has 0 amide bonds. The number of aliphatic hydroxyl groups is 1. The van der Waals surface area contributed by atoms with Crippen LogP contribution in [0.1, 0.15) is 13.8 Å². The molecule has 0 rings (SSSR count). The zero-order chi connectivity index (χ0) is 11.1. The highest BCUT2D eigenvalue weighted by molar-refractivity contribution is 5.86. The third-order valence-electron chi connectivity index (χ3n) is 1.36. The fourth-order valence-corrected chi connectivity index (χ4v) is 0.560. The third-order valence-corrected chi connectivity index (χ3v) is 1.36. The van der Waals surface area contributed by atoms with Gasteiger partial charge >= 0.3 is 5.97 Å². The molecule has 1 atom stereocenters. The van der Waals surface area contributed by atoms with Gasteiger partial charge in [0.2, 0.25) is 0 Å². The Kier molecular flexibility index (Phi) is 5.83. The van der Waals surface area contributed by atoms with E-state index in [0.29, 0.717) is 11.1 Å². The molecule has 0 radical (unpaired) electrons. The maximum Gasteiger partial charge on any atom is 0.333 e. The Morgan fingerprint density at radius 1 is 1.36 bits per heavy atom. The van der Waals surface area contributed by atoms with Gasteiger partial charge in [-0.15, -0.1) is 0 Å². The van der Waals surface area contributed by atoms with E-state index in [9.17, 15) is 4.79 Å². The van der Waals surface area contributed by atoms with E-state index in [1.807, 2.05) is 0 Å². The van der Waals surface area contributed by atoms with Gasteiger partial charge in [0.1, 0.15) is 6.61 Å². The van der Waals surface area contributed by atoms with E-state index in [-0.39, 0.29) is 13.2 Å². The predicted molar refractivity (Wildman–Crippen MR) is 52.5 cm³/mol. The van der Waals surface area contributed by atoms with Crippen molar-refractivity contribution >= 4 is 5.97 Å². The van der Waals surface area contributed by atoms with E-state index in [1.54, 1.807) is 13.8 Å². The summed E-state index contributed by atoms with van der Waals surface area (Å²) in [5.41, 5.74) is 0.849. The summed E-state index contributed by atoms with van der Waals surface area (Å²) in [4.78, 5) is 10.9. The van der Waals surface area contributed by atoms with Crippen LogP contribution in [-0.4, -0.2) is 30.6 Å². The molecule has 0 aromatic rings. The summed E-state index contributed by atoms with van der Waals surface area (Å²) in [6.45, 7) is 10.3. The largest absolute Gasteiger partial charge is 0.460 e. The number of aliphatic hydroxyl groups excluding tert-OH is 1. The molecular weight excluding hydrogens is 184 g/mol. The summed E-state index contributed by atoms with van der Waals surface area (Å²) in [5, 5.41) is 9.12. The first kappa shape index (κ1) is 12.9. The molecule has 1 unspecified atom stereocenters. The highest BCUT2D eigenvalue weighted by Gasteiger charge is 2.05. The summed E-state index contributed by atoms with van der Waals surface area (Å²) >= 11 is 0. The van der Waals surface area contributed by atoms with Crippen molar-refractivity contribution in [2.24, 2.45) is 0 Å². The molecule has 0 saturated heterocycles. The van der Waals surface area contributed by atoms with E-state index in [1.165, 1.54) is 0 Å². The lowest BCUT2D eigenvalue weighted by molar-refractivity contribution is -0.144. The average molecular weight is 200 g/mol. The van der Waals surface area contributed by atoms with Gasteiger partial charge in [-0.3, -0.25) is 0 Å². The number of ether oxygens (including phenoxy) is 2. The Balaban J connectivity index is 3.52. The minimum Gasteiger partial charge on any atom is -0.460 e. The van der Waals surface area contributed by atoms with Gasteiger partial charge in [-0.2, -0.15) is 0 Å². The summed E-state index contributed by atoms with van der Waals surface area (Å²) in [6, 6.07) is 0. The van der Waals surface area contributed by atoms with Crippen LogP contribution in [-0.2, 0) is 14.3 Å². The predicted octanol–water partition coefficient (Wildman–Crippen LogP) is 1.02. The highest BCUT2D eigenvalue weighted by Crippen LogP contribution is 1.99.